The molecule has 1 amide bonds. The van der Waals surface area contributed by atoms with Gasteiger partial charge in [0.05, 0.1) is 6.20 Å². The molecule has 0 radical (unpaired) electrons. The summed E-state index contributed by atoms with van der Waals surface area (Å²) >= 11 is 0. The SMILES string of the molecule is NCCCC[C@H](NC(=O)n1cc(-c2ccccc2)nn1)C(=O)O. The van der Waals surface area contributed by atoms with Crippen LogP contribution in [0.15, 0.2) is 36.5 Å². The van der Waals surface area contributed by atoms with Gasteiger partial charge in [0.15, 0.2) is 0 Å². The van der Waals surface area contributed by atoms with Gasteiger partial charge in [-0.3, -0.25) is 0 Å². The maximum absolute atomic E-state index is 12.1. The van der Waals surface area contributed by atoms with Crippen molar-refractivity contribution in [3.05, 3.63) is 36.5 Å². The molecule has 2 rings (SSSR count). The summed E-state index contributed by atoms with van der Waals surface area (Å²) in [7, 11) is 0. The van der Waals surface area contributed by atoms with Crippen molar-refractivity contribution in [3.63, 3.8) is 0 Å². The van der Waals surface area contributed by atoms with Crippen molar-refractivity contribution >= 4 is 12.0 Å². The first-order valence-corrected chi connectivity index (χ1v) is 7.33. The minimum Gasteiger partial charge on any atom is -0.480 e. The van der Waals surface area contributed by atoms with Crippen LogP contribution in [0.25, 0.3) is 11.3 Å². The van der Waals surface area contributed by atoms with Crippen molar-refractivity contribution in [3.8, 4) is 11.3 Å². The van der Waals surface area contributed by atoms with E-state index in [4.69, 9.17) is 10.8 Å². The molecule has 1 aromatic heterocycles. The van der Waals surface area contributed by atoms with Gasteiger partial charge in [-0.15, -0.1) is 5.10 Å². The highest BCUT2D eigenvalue weighted by Crippen LogP contribution is 2.14. The van der Waals surface area contributed by atoms with Gasteiger partial charge in [0.25, 0.3) is 0 Å². The van der Waals surface area contributed by atoms with Crippen LogP contribution in [0.5, 0.6) is 0 Å². The molecule has 0 spiro atoms. The van der Waals surface area contributed by atoms with Crippen LogP contribution in [0.2, 0.25) is 0 Å². The molecule has 2 aromatic rings. The number of amides is 1. The highest BCUT2D eigenvalue weighted by molar-refractivity contribution is 5.83. The first-order chi connectivity index (χ1) is 11.1. The molecular weight excluding hydrogens is 298 g/mol. The van der Waals surface area contributed by atoms with E-state index in [0.717, 1.165) is 10.2 Å². The van der Waals surface area contributed by atoms with Gasteiger partial charge >= 0.3 is 12.0 Å². The summed E-state index contributed by atoms with van der Waals surface area (Å²) in [5.74, 6) is -1.08. The molecule has 0 bridgehead atoms. The van der Waals surface area contributed by atoms with E-state index < -0.39 is 18.0 Å². The van der Waals surface area contributed by atoms with Crippen LogP contribution in [0.3, 0.4) is 0 Å². The Kier molecular flexibility index (Phi) is 5.81. The van der Waals surface area contributed by atoms with Gasteiger partial charge in [-0.05, 0) is 25.8 Å². The summed E-state index contributed by atoms with van der Waals surface area (Å²) in [6.45, 7) is 0.490. The molecule has 8 nitrogen and oxygen atoms in total. The lowest BCUT2D eigenvalue weighted by Crippen LogP contribution is -2.43. The van der Waals surface area contributed by atoms with Gasteiger partial charge in [-0.25, -0.2) is 9.59 Å². The maximum atomic E-state index is 12.1. The Morgan fingerprint density at radius 2 is 2.00 bits per heavy atom. The number of carboxylic acid groups (broad SMARTS) is 1. The fraction of sp³-hybridized carbons (Fsp3) is 0.333. The molecular formula is C15H19N5O3. The molecule has 23 heavy (non-hydrogen) atoms. The number of nitrogens with two attached hydrogens (primary N) is 1. The van der Waals surface area contributed by atoms with Crippen LogP contribution < -0.4 is 11.1 Å². The molecule has 0 aliphatic heterocycles. The molecule has 0 aliphatic rings. The second-order valence-corrected chi connectivity index (χ2v) is 5.04. The zero-order chi connectivity index (χ0) is 16.7. The minimum atomic E-state index is -1.08. The molecule has 1 aromatic carbocycles. The van der Waals surface area contributed by atoms with Crippen molar-refractivity contribution in [1.82, 2.24) is 20.3 Å². The summed E-state index contributed by atoms with van der Waals surface area (Å²) in [6.07, 6.45) is 3.11. The van der Waals surface area contributed by atoms with E-state index in [9.17, 15) is 9.59 Å². The van der Waals surface area contributed by atoms with E-state index in [0.29, 0.717) is 31.5 Å². The summed E-state index contributed by atoms with van der Waals surface area (Å²) in [4.78, 5) is 23.3. The molecule has 1 heterocycles. The van der Waals surface area contributed by atoms with Crippen LogP contribution >= 0.6 is 0 Å². The Morgan fingerprint density at radius 1 is 1.26 bits per heavy atom. The molecule has 0 saturated heterocycles. The maximum Gasteiger partial charge on any atom is 0.344 e. The highest BCUT2D eigenvalue weighted by Gasteiger charge is 2.21. The molecule has 122 valence electrons. The minimum absolute atomic E-state index is 0.318. The topological polar surface area (TPSA) is 123 Å². The van der Waals surface area contributed by atoms with E-state index >= 15 is 0 Å². The zero-order valence-electron chi connectivity index (χ0n) is 12.6. The first kappa shape index (κ1) is 16.6. The fourth-order valence-electron chi connectivity index (χ4n) is 2.07. The largest absolute Gasteiger partial charge is 0.480 e. The summed E-state index contributed by atoms with van der Waals surface area (Å²) in [5, 5.41) is 19.3. The van der Waals surface area contributed by atoms with Gasteiger partial charge in [-0.2, -0.15) is 4.68 Å². The number of rotatable bonds is 7. The van der Waals surface area contributed by atoms with Crippen molar-refractivity contribution in [2.75, 3.05) is 6.54 Å². The molecule has 8 heteroatoms. The van der Waals surface area contributed by atoms with Crippen molar-refractivity contribution in [2.45, 2.75) is 25.3 Å². The van der Waals surface area contributed by atoms with Crippen molar-refractivity contribution in [1.29, 1.82) is 0 Å². The number of benzene rings is 1. The number of aromatic nitrogens is 3. The molecule has 4 N–H and O–H groups in total. The van der Waals surface area contributed by atoms with Crippen molar-refractivity contribution < 1.29 is 14.7 Å². The number of nitrogens with zero attached hydrogens (tertiary/aromatic N) is 3. The third-order valence-electron chi connectivity index (χ3n) is 3.31. The Hall–Kier alpha value is -2.74. The smallest absolute Gasteiger partial charge is 0.344 e. The van der Waals surface area contributed by atoms with Crippen LogP contribution in [-0.4, -0.2) is 44.7 Å². The molecule has 0 unspecified atom stereocenters. The van der Waals surface area contributed by atoms with E-state index in [-0.39, 0.29) is 0 Å². The first-order valence-electron chi connectivity index (χ1n) is 7.33. The number of carbonyl (C=O) groups is 2. The van der Waals surface area contributed by atoms with E-state index in [1.54, 1.807) is 0 Å². The van der Waals surface area contributed by atoms with Crippen LogP contribution in [-0.2, 0) is 4.79 Å². The fourth-order valence-corrected chi connectivity index (χ4v) is 2.07. The average molecular weight is 317 g/mol. The third kappa shape index (κ3) is 4.62. The van der Waals surface area contributed by atoms with Gasteiger partial charge in [0.1, 0.15) is 11.7 Å². The monoisotopic (exact) mass is 317 g/mol. The van der Waals surface area contributed by atoms with Crippen LogP contribution in [0.4, 0.5) is 4.79 Å². The van der Waals surface area contributed by atoms with E-state index in [1.807, 2.05) is 30.3 Å². The number of carbonyl (C=O) groups excluding carboxylic acids is 1. The normalized spacial score (nSPS) is 11.9. The molecule has 1 atom stereocenters. The van der Waals surface area contributed by atoms with Gasteiger partial charge in [0.2, 0.25) is 0 Å². The molecule has 0 saturated carbocycles. The second kappa shape index (κ2) is 8.04. The quantitative estimate of drug-likeness (QED) is 0.657. The van der Waals surface area contributed by atoms with Gasteiger partial charge < -0.3 is 16.2 Å². The lowest BCUT2D eigenvalue weighted by molar-refractivity contribution is -0.139. The van der Waals surface area contributed by atoms with Crippen LogP contribution in [0.1, 0.15) is 19.3 Å². The lowest BCUT2D eigenvalue weighted by Gasteiger charge is -2.13. The zero-order valence-corrected chi connectivity index (χ0v) is 12.6. The summed E-state index contributed by atoms with van der Waals surface area (Å²) in [5.41, 5.74) is 6.75. The van der Waals surface area contributed by atoms with Gasteiger partial charge in [0, 0.05) is 5.56 Å². The third-order valence-corrected chi connectivity index (χ3v) is 3.31. The number of nitrogens with one attached hydrogen (secondary N) is 1. The van der Waals surface area contributed by atoms with Crippen LogP contribution in [0, 0.1) is 0 Å². The number of unbranched alkanes of at least 4 members (excludes halogenated alkanes) is 1. The summed E-state index contributed by atoms with van der Waals surface area (Å²) < 4.78 is 1.00. The van der Waals surface area contributed by atoms with E-state index in [2.05, 4.69) is 15.6 Å². The highest BCUT2D eigenvalue weighted by atomic mass is 16.4. The Bertz CT molecular complexity index is 656. The average Bonchev–Trinajstić information content (AvgIpc) is 3.05. The van der Waals surface area contributed by atoms with Gasteiger partial charge in [-0.1, -0.05) is 35.5 Å². The number of hydrogen-bond acceptors (Lipinski definition) is 5. The molecule has 0 fully saturated rings. The standard InChI is InChI=1S/C15H19N5O3/c16-9-5-4-8-12(14(21)22)17-15(23)20-10-13(18-19-20)11-6-2-1-3-7-11/h1-3,6-7,10,12H,4-5,8-9,16H2,(H,17,23)(H,21,22)/t12-/m0/s1. The predicted molar refractivity (Wildman–Crippen MR) is 83.7 cm³/mol. The Balaban J connectivity index is 2.02. The second-order valence-electron chi connectivity index (χ2n) is 5.04. The van der Waals surface area contributed by atoms with Crippen molar-refractivity contribution in [2.24, 2.45) is 5.73 Å². The predicted octanol–water partition coefficient (Wildman–Crippen LogP) is 1.08. The summed E-state index contributed by atoms with van der Waals surface area (Å²) in [6, 6.07) is 7.68. The van der Waals surface area contributed by atoms with E-state index in [1.165, 1.54) is 6.20 Å². The molecule has 0 aliphatic carbocycles. The number of carboxylic acids is 1. The Labute approximate surface area is 133 Å². The number of hydrogen-bond donors (Lipinski definition) is 3. The Morgan fingerprint density at radius 3 is 2.65 bits per heavy atom. The number of aliphatic carboxylic acids is 1. The lowest BCUT2D eigenvalue weighted by atomic mass is 10.1.